The lowest BCUT2D eigenvalue weighted by Crippen LogP contribution is -2.28. The molecule has 1 heterocycles. The number of amides is 1. The predicted octanol–water partition coefficient (Wildman–Crippen LogP) is 4.97. The molecule has 3 aromatic rings. The lowest BCUT2D eigenvalue weighted by atomic mass is 10.1. The number of aromatic nitrogens is 2. The molecule has 0 saturated carbocycles. The van der Waals surface area contributed by atoms with Crippen molar-refractivity contribution in [2.24, 2.45) is 0 Å². The van der Waals surface area contributed by atoms with Gasteiger partial charge < -0.3 is 9.32 Å². The molecule has 10 heteroatoms. The summed E-state index contributed by atoms with van der Waals surface area (Å²) in [5.41, 5.74) is 0.418. The van der Waals surface area contributed by atoms with Crippen molar-refractivity contribution in [2.45, 2.75) is 13.0 Å². The topological polar surface area (TPSA) is 59.2 Å². The third-order valence-corrected chi connectivity index (χ3v) is 4.06. The lowest BCUT2D eigenvalue weighted by molar-refractivity contribution is -0.114. The van der Waals surface area contributed by atoms with E-state index in [1.807, 2.05) is 0 Å². The first-order valence-corrected chi connectivity index (χ1v) is 8.13. The van der Waals surface area contributed by atoms with E-state index in [0.717, 1.165) is 17.0 Å². The van der Waals surface area contributed by atoms with Crippen LogP contribution in [0, 0.1) is 18.6 Å². The summed E-state index contributed by atoms with van der Waals surface area (Å²) in [6.07, 6.45) is -2.94. The van der Waals surface area contributed by atoms with E-state index in [2.05, 4.69) is 17.1 Å². The fraction of sp³-hybridized carbons (Fsp3) is 0.111. The van der Waals surface area contributed by atoms with Crippen LogP contribution in [-0.2, 0) is 11.3 Å². The normalized spacial score (nSPS) is 11.1. The van der Waals surface area contributed by atoms with Crippen molar-refractivity contribution >= 4 is 23.2 Å². The molecular weight excluding hydrogens is 402 g/mol. The fourth-order valence-corrected chi connectivity index (χ4v) is 2.57. The van der Waals surface area contributed by atoms with Gasteiger partial charge in [0, 0.05) is 23.7 Å². The maximum atomic E-state index is 14.5. The van der Waals surface area contributed by atoms with Gasteiger partial charge in [0.25, 0.3) is 5.89 Å². The summed E-state index contributed by atoms with van der Waals surface area (Å²) in [5.74, 6) is -3.21. The lowest BCUT2D eigenvalue weighted by Gasteiger charge is -2.22. The van der Waals surface area contributed by atoms with E-state index >= 15 is 0 Å². The smallest absolute Gasteiger partial charge is 0.314 e. The number of rotatable bonds is 5. The van der Waals surface area contributed by atoms with E-state index in [-0.39, 0.29) is 34.3 Å². The van der Waals surface area contributed by atoms with E-state index < -0.39 is 29.9 Å². The average molecular weight is 413 g/mol. The summed E-state index contributed by atoms with van der Waals surface area (Å²) in [6.45, 7) is 3.08. The molecule has 0 spiro atoms. The van der Waals surface area contributed by atoms with E-state index in [0.29, 0.717) is 0 Å². The van der Waals surface area contributed by atoms with Crippen molar-refractivity contribution in [3.63, 3.8) is 0 Å². The van der Waals surface area contributed by atoms with Gasteiger partial charge in [-0.25, -0.2) is 8.78 Å². The first-order valence-electron chi connectivity index (χ1n) is 7.75. The maximum Gasteiger partial charge on any atom is 0.314 e. The first kappa shape index (κ1) is 19.8. The van der Waals surface area contributed by atoms with E-state index in [4.69, 9.17) is 16.0 Å². The second-order valence-corrected chi connectivity index (χ2v) is 6.04. The van der Waals surface area contributed by atoms with Gasteiger partial charge in [-0.15, -0.1) is 10.2 Å². The van der Waals surface area contributed by atoms with Crippen LogP contribution >= 0.6 is 11.6 Å². The first-order chi connectivity index (χ1) is 13.3. The molecule has 5 nitrogen and oxygen atoms in total. The standard InChI is InChI=1S/C18H11ClF4N3O2/c1-9(27)26(12-4-5-14(20)13(19)7-12)8-11-3-2-10(6-15(11)21)17-24-25-18(28-17)16(22)23/h2-7,16H,1,8H2. The van der Waals surface area contributed by atoms with Gasteiger partial charge in [0.1, 0.15) is 11.6 Å². The molecule has 0 bridgehead atoms. The second-order valence-electron chi connectivity index (χ2n) is 5.63. The second kappa shape index (κ2) is 7.97. The molecule has 0 unspecified atom stereocenters. The zero-order chi connectivity index (χ0) is 20.4. The minimum absolute atomic E-state index is 0.0924. The van der Waals surface area contributed by atoms with Crippen LogP contribution in [0.4, 0.5) is 23.2 Å². The third kappa shape index (κ3) is 4.14. The summed E-state index contributed by atoms with van der Waals surface area (Å²) in [4.78, 5) is 13.0. The van der Waals surface area contributed by atoms with Gasteiger partial charge in [-0.1, -0.05) is 17.7 Å². The van der Waals surface area contributed by atoms with Crippen LogP contribution in [0.15, 0.2) is 40.8 Å². The Morgan fingerprint density at radius 1 is 1.14 bits per heavy atom. The van der Waals surface area contributed by atoms with Crippen molar-refractivity contribution in [1.82, 2.24) is 10.2 Å². The minimum Gasteiger partial charge on any atom is -0.415 e. The van der Waals surface area contributed by atoms with Crippen LogP contribution in [0.2, 0.25) is 5.02 Å². The Labute approximate surface area is 161 Å². The molecule has 0 N–H and O–H groups in total. The number of hydrogen-bond acceptors (Lipinski definition) is 4. The summed E-state index contributed by atoms with van der Waals surface area (Å²) in [6, 6.07) is 7.32. The quantitative estimate of drug-likeness (QED) is 0.555. The van der Waals surface area contributed by atoms with Crippen LogP contribution in [0.3, 0.4) is 0 Å². The van der Waals surface area contributed by atoms with Gasteiger partial charge >= 0.3 is 6.43 Å². The molecule has 0 fully saturated rings. The Bertz CT molecular complexity index is 1030. The molecule has 1 radical (unpaired) electrons. The number of carbonyl (C=O) groups excluding carboxylic acids is 1. The van der Waals surface area contributed by atoms with Crippen molar-refractivity contribution in [1.29, 1.82) is 0 Å². The fourth-order valence-electron chi connectivity index (χ4n) is 2.39. The van der Waals surface area contributed by atoms with Crippen LogP contribution in [-0.4, -0.2) is 16.1 Å². The van der Waals surface area contributed by atoms with E-state index in [1.54, 1.807) is 0 Å². The number of benzene rings is 2. The summed E-state index contributed by atoms with van der Waals surface area (Å²) in [7, 11) is 0. The van der Waals surface area contributed by atoms with Crippen molar-refractivity contribution < 1.29 is 26.8 Å². The summed E-state index contributed by atoms with van der Waals surface area (Å²) < 4.78 is 57.7. The zero-order valence-corrected chi connectivity index (χ0v) is 14.8. The molecule has 28 heavy (non-hydrogen) atoms. The van der Waals surface area contributed by atoms with Crippen LogP contribution < -0.4 is 4.90 Å². The Morgan fingerprint density at radius 2 is 1.89 bits per heavy atom. The number of nitrogens with zero attached hydrogens (tertiary/aromatic N) is 3. The molecule has 0 aliphatic rings. The van der Waals surface area contributed by atoms with Gasteiger partial charge in [0.15, 0.2) is 0 Å². The molecule has 1 amide bonds. The van der Waals surface area contributed by atoms with Crippen molar-refractivity contribution in [2.75, 3.05) is 4.90 Å². The molecule has 0 aliphatic carbocycles. The largest absolute Gasteiger partial charge is 0.415 e. The molecule has 1 aromatic heterocycles. The van der Waals surface area contributed by atoms with Crippen molar-refractivity contribution in [3.8, 4) is 11.5 Å². The maximum absolute atomic E-state index is 14.5. The zero-order valence-electron chi connectivity index (χ0n) is 14.0. The van der Waals surface area contributed by atoms with Gasteiger partial charge in [0.05, 0.1) is 11.6 Å². The predicted molar refractivity (Wildman–Crippen MR) is 92.6 cm³/mol. The molecule has 2 aromatic carbocycles. The molecule has 0 atom stereocenters. The molecule has 3 rings (SSSR count). The molecular formula is C18H11ClF4N3O2. The van der Waals surface area contributed by atoms with Crippen molar-refractivity contribution in [3.05, 3.63) is 71.4 Å². The van der Waals surface area contributed by atoms with E-state index in [1.165, 1.54) is 24.3 Å². The highest BCUT2D eigenvalue weighted by Gasteiger charge is 2.19. The van der Waals surface area contributed by atoms with Gasteiger partial charge in [-0.3, -0.25) is 4.79 Å². The van der Waals surface area contributed by atoms with Crippen LogP contribution in [0.25, 0.3) is 11.5 Å². The minimum atomic E-state index is -2.94. The summed E-state index contributed by atoms with van der Waals surface area (Å²) in [5, 5.41) is 6.42. The van der Waals surface area contributed by atoms with Crippen LogP contribution in [0.1, 0.15) is 17.9 Å². The van der Waals surface area contributed by atoms with Crippen LogP contribution in [0.5, 0.6) is 0 Å². The highest BCUT2D eigenvalue weighted by molar-refractivity contribution is 6.31. The number of halogens is 5. The molecule has 0 aliphatic heterocycles. The average Bonchev–Trinajstić information content (AvgIpc) is 3.13. The Kier molecular flexibility index (Phi) is 5.64. The third-order valence-electron chi connectivity index (χ3n) is 3.77. The van der Waals surface area contributed by atoms with Gasteiger partial charge in [0.2, 0.25) is 11.8 Å². The van der Waals surface area contributed by atoms with Gasteiger partial charge in [-0.2, -0.15) is 8.78 Å². The summed E-state index contributed by atoms with van der Waals surface area (Å²) >= 11 is 5.73. The highest BCUT2D eigenvalue weighted by Crippen LogP contribution is 2.27. The number of carbonyl (C=O) groups is 1. The molecule has 145 valence electrons. The Balaban J connectivity index is 1.87. The van der Waals surface area contributed by atoms with Gasteiger partial charge in [-0.05, 0) is 30.3 Å². The Morgan fingerprint density at radius 3 is 2.46 bits per heavy atom. The number of anilines is 1. The van der Waals surface area contributed by atoms with E-state index in [9.17, 15) is 22.4 Å². The number of alkyl halides is 2. The highest BCUT2D eigenvalue weighted by atomic mass is 35.5. The number of hydrogen-bond donors (Lipinski definition) is 0. The molecule has 0 saturated heterocycles. The SMILES string of the molecule is [CH2]C(=O)N(Cc1ccc(-c2nnc(C(F)F)o2)cc1F)c1ccc(F)c(Cl)c1. The Hall–Kier alpha value is -2.94. The monoisotopic (exact) mass is 412 g/mol.